The minimum absolute atomic E-state index is 0.0110. The number of allylic oxidation sites excluding steroid dienone is 2. The third-order valence-corrected chi connectivity index (χ3v) is 7.09. The number of carbonyl (C=O) groups is 2. The molecule has 1 unspecified atom stereocenters. The highest BCUT2D eigenvalue weighted by atomic mass is 32.2. The van der Waals surface area contributed by atoms with Gasteiger partial charge in [-0.15, -0.1) is 11.3 Å². The second-order valence-corrected chi connectivity index (χ2v) is 9.71. The van der Waals surface area contributed by atoms with Crippen molar-refractivity contribution in [1.82, 2.24) is 4.98 Å². The molecule has 0 aromatic carbocycles. The van der Waals surface area contributed by atoms with Gasteiger partial charge >= 0.3 is 12.0 Å². The quantitative estimate of drug-likeness (QED) is 0.334. The summed E-state index contributed by atoms with van der Waals surface area (Å²) in [6.07, 6.45) is 2.59. The molecular formula is C20H24F3NO4S2. The number of Topliss-reactive ketones (excluding diaryl/α,β-unsaturated/α-hetero) is 1. The lowest BCUT2D eigenvalue weighted by molar-refractivity contribution is -0.121. The Hall–Kier alpha value is -1.65. The van der Waals surface area contributed by atoms with E-state index in [9.17, 15) is 27.9 Å². The molecule has 0 aliphatic heterocycles. The number of hydrogen-bond acceptors (Lipinski definition) is 6. The summed E-state index contributed by atoms with van der Waals surface area (Å²) in [5.41, 5.74) is -1.30. The molecule has 0 amide bonds. The molecule has 2 rings (SSSR count). The minimum Gasteiger partial charge on any atom is -0.476 e. The number of nitrogens with zero attached hydrogens (tertiary/aromatic N) is 1. The Balaban J connectivity index is 1.83. The third-order valence-electron chi connectivity index (χ3n) is 5.04. The van der Waals surface area contributed by atoms with Gasteiger partial charge in [0.1, 0.15) is 5.78 Å². The topological polar surface area (TPSA) is 87.5 Å². The van der Waals surface area contributed by atoms with E-state index in [0.29, 0.717) is 29.4 Å². The average Bonchev–Trinajstić information content (AvgIpc) is 3.28. The molecule has 10 heteroatoms. The number of thiazole rings is 1. The maximum atomic E-state index is 12.9. The number of carboxylic acid groups (broad SMARTS) is 1. The zero-order valence-electron chi connectivity index (χ0n) is 16.4. The van der Waals surface area contributed by atoms with Crippen LogP contribution < -0.4 is 0 Å². The van der Waals surface area contributed by atoms with Crippen LogP contribution in [0.3, 0.4) is 0 Å². The van der Waals surface area contributed by atoms with Gasteiger partial charge in [-0.3, -0.25) is 4.79 Å². The van der Waals surface area contributed by atoms with Gasteiger partial charge in [0.25, 0.3) is 0 Å². The highest BCUT2D eigenvalue weighted by molar-refractivity contribution is 8.01. The molecule has 0 radical (unpaired) electrons. The van der Waals surface area contributed by atoms with E-state index in [1.54, 1.807) is 6.08 Å². The molecule has 1 aliphatic carbocycles. The average molecular weight is 464 g/mol. The van der Waals surface area contributed by atoms with Crippen LogP contribution in [0.1, 0.15) is 55.9 Å². The Bertz CT molecular complexity index is 819. The Morgan fingerprint density at radius 2 is 2.17 bits per heavy atom. The molecule has 1 heterocycles. The van der Waals surface area contributed by atoms with Crippen molar-refractivity contribution in [2.24, 2.45) is 11.8 Å². The summed E-state index contributed by atoms with van der Waals surface area (Å²) >= 11 is 2.67. The second-order valence-electron chi connectivity index (χ2n) is 7.51. The molecule has 0 bridgehead atoms. The Morgan fingerprint density at radius 1 is 1.43 bits per heavy atom. The summed E-state index contributed by atoms with van der Waals surface area (Å²) in [5.74, 6) is -1.90. The van der Waals surface area contributed by atoms with Gasteiger partial charge in [-0.2, -0.15) is 8.78 Å². The maximum absolute atomic E-state index is 12.9. The fourth-order valence-electron chi connectivity index (χ4n) is 3.31. The fourth-order valence-corrected chi connectivity index (χ4v) is 5.20. The van der Waals surface area contributed by atoms with E-state index in [1.165, 1.54) is 35.4 Å². The zero-order valence-corrected chi connectivity index (χ0v) is 18.1. The molecule has 1 fully saturated rings. The normalized spacial score (nSPS) is 21.2. The molecule has 1 aromatic heterocycles. The Kier molecular flexibility index (Phi) is 9.11. The van der Waals surface area contributed by atoms with E-state index < -0.39 is 29.9 Å². The molecule has 1 saturated carbocycles. The molecular weight excluding hydrogens is 439 g/mol. The van der Waals surface area contributed by atoms with Crippen molar-refractivity contribution < 1.29 is 33.0 Å². The first-order chi connectivity index (χ1) is 14.1. The van der Waals surface area contributed by atoms with Crippen LogP contribution in [0, 0.1) is 11.8 Å². The van der Waals surface area contributed by atoms with Gasteiger partial charge in [0.2, 0.25) is 0 Å². The van der Waals surface area contributed by atoms with Crippen LogP contribution >= 0.6 is 23.1 Å². The van der Waals surface area contributed by atoms with E-state index in [1.807, 2.05) is 6.08 Å². The zero-order chi connectivity index (χ0) is 22.3. The number of rotatable bonds is 11. The first-order valence-electron chi connectivity index (χ1n) is 9.52. The molecule has 1 aromatic rings. The van der Waals surface area contributed by atoms with Gasteiger partial charge in [0.15, 0.2) is 15.9 Å². The van der Waals surface area contributed by atoms with Crippen molar-refractivity contribution in [3.8, 4) is 0 Å². The maximum Gasteiger partial charge on any atom is 0.355 e. The van der Waals surface area contributed by atoms with E-state index in [0.717, 1.165) is 0 Å². The van der Waals surface area contributed by atoms with Crippen LogP contribution in [0.15, 0.2) is 33.8 Å². The number of aliphatic hydroxyl groups is 1. The number of carbonyl (C=O) groups excluding carboxylic acids is 1. The van der Waals surface area contributed by atoms with Crippen molar-refractivity contribution in [2.75, 3.05) is 5.75 Å². The third kappa shape index (κ3) is 7.55. The van der Waals surface area contributed by atoms with Gasteiger partial charge in [0, 0.05) is 29.9 Å². The van der Waals surface area contributed by atoms with Gasteiger partial charge in [-0.05, 0) is 38.5 Å². The standard InChI is InChI=1S/C20H24F3NO4S2/c1-20(28,9-6-14(21)17(22)23)8-2-3-12-4-5-16(25)13(12)7-10-29-19-24-15(11-30-19)18(26)27/h2-3,11-13,28H,4-10H2,1H3,(H,26,27)/b3-2+/t12-,13+,20?/m0/s1. The molecule has 30 heavy (non-hydrogen) atoms. The summed E-state index contributed by atoms with van der Waals surface area (Å²) in [6.45, 7) is 1.47. The van der Waals surface area contributed by atoms with E-state index in [4.69, 9.17) is 5.11 Å². The highest BCUT2D eigenvalue weighted by Gasteiger charge is 2.32. The van der Waals surface area contributed by atoms with Crippen molar-refractivity contribution in [3.63, 3.8) is 0 Å². The molecule has 0 saturated heterocycles. The monoisotopic (exact) mass is 463 g/mol. The molecule has 166 valence electrons. The smallest absolute Gasteiger partial charge is 0.355 e. The number of ketones is 1. The number of thioether (sulfide) groups is 1. The van der Waals surface area contributed by atoms with Gasteiger partial charge in [-0.25, -0.2) is 14.2 Å². The molecule has 3 atom stereocenters. The van der Waals surface area contributed by atoms with Crippen LogP contribution in [-0.2, 0) is 4.79 Å². The predicted molar refractivity (Wildman–Crippen MR) is 110 cm³/mol. The van der Waals surface area contributed by atoms with E-state index >= 15 is 0 Å². The first-order valence-corrected chi connectivity index (χ1v) is 11.4. The molecule has 2 N–H and O–H groups in total. The number of aromatic carboxylic acids is 1. The lowest BCUT2D eigenvalue weighted by atomic mass is 9.90. The number of hydrogen-bond donors (Lipinski definition) is 2. The summed E-state index contributed by atoms with van der Waals surface area (Å²) in [4.78, 5) is 27.1. The lowest BCUT2D eigenvalue weighted by Gasteiger charge is -2.21. The number of aromatic nitrogens is 1. The van der Waals surface area contributed by atoms with Crippen LogP contribution in [0.5, 0.6) is 0 Å². The summed E-state index contributed by atoms with van der Waals surface area (Å²) in [6, 6.07) is 0. The number of carboxylic acids is 1. The van der Waals surface area contributed by atoms with Crippen LogP contribution in [-0.4, -0.2) is 38.3 Å². The Morgan fingerprint density at radius 3 is 2.80 bits per heavy atom. The van der Waals surface area contributed by atoms with Crippen LogP contribution in [0.2, 0.25) is 0 Å². The van der Waals surface area contributed by atoms with Gasteiger partial charge in [-0.1, -0.05) is 23.9 Å². The molecule has 1 aliphatic rings. The summed E-state index contributed by atoms with van der Waals surface area (Å²) < 4.78 is 37.8. The first kappa shape index (κ1) is 24.6. The summed E-state index contributed by atoms with van der Waals surface area (Å²) in [5, 5.41) is 20.6. The van der Waals surface area contributed by atoms with E-state index in [-0.39, 0.29) is 36.2 Å². The fraction of sp³-hybridized carbons (Fsp3) is 0.550. The van der Waals surface area contributed by atoms with Crippen molar-refractivity contribution in [3.05, 3.63) is 35.1 Å². The van der Waals surface area contributed by atoms with Crippen molar-refractivity contribution >= 4 is 34.9 Å². The molecule has 0 spiro atoms. The lowest BCUT2D eigenvalue weighted by Crippen LogP contribution is -2.23. The van der Waals surface area contributed by atoms with Crippen molar-refractivity contribution in [1.29, 1.82) is 0 Å². The second kappa shape index (κ2) is 11.1. The molecule has 5 nitrogen and oxygen atoms in total. The summed E-state index contributed by atoms with van der Waals surface area (Å²) in [7, 11) is 0. The van der Waals surface area contributed by atoms with Crippen molar-refractivity contribution in [2.45, 2.75) is 55.4 Å². The Labute approximate surface area is 181 Å². The van der Waals surface area contributed by atoms with Gasteiger partial charge in [0.05, 0.1) is 5.60 Å². The SMILES string of the molecule is CC(O)(C/C=C/[C@H]1CCC(=O)[C@@H]1CCSc1nc(C(=O)O)cs1)CCC(F)=C(F)F. The van der Waals surface area contributed by atoms with Gasteiger partial charge < -0.3 is 10.2 Å². The number of halogens is 3. The van der Waals surface area contributed by atoms with Crippen LogP contribution in [0.4, 0.5) is 13.2 Å². The largest absolute Gasteiger partial charge is 0.476 e. The highest BCUT2D eigenvalue weighted by Crippen LogP contribution is 2.35. The minimum atomic E-state index is -2.36. The van der Waals surface area contributed by atoms with E-state index in [2.05, 4.69) is 4.98 Å². The predicted octanol–water partition coefficient (Wildman–Crippen LogP) is 5.47. The van der Waals surface area contributed by atoms with Crippen LogP contribution in [0.25, 0.3) is 0 Å².